The van der Waals surface area contributed by atoms with Crippen molar-refractivity contribution >= 4 is 0 Å². The summed E-state index contributed by atoms with van der Waals surface area (Å²) in [5.41, 5.74) is 0.861. The fraction of sp³-hybridized carbons (Fsp3) is 0.600. The monoisotopic (exact) mass is 211 g/mol. The van der Waals surface area contributed by atoms with E-state index in [4.69, 9.17) is 9.47 Å². The van der Waals surface area contributed by atoms with Crippen molar-refractivity contribution in [1.29, 1.82) is 0 Å². The van der Waals surface area contributed by atoms with Gasteiger partial charge in [0.05, 0.1) is 18.5 Å². The highest BCUT2D eigenvalue weighted by Crippen LogP contribution is 2.07. The molecule has 0 bridgehead atoms. The molecule has 1 unspecified atom stereocenters. The predicted octanol–water partition coefficient (Wildman–Crippen LogP) is 0.610. The molecule has 0 aliphatic heterocycles. The van der Waals surface area contributed by atoms with Crippen LogP contribution in [0, 0.1) is 0 Å². The Bertz CT molecular complexity index is 294. The van der Waals surface area contributed by atoms with Crippen LogP contribution in [0.2, 0.25) is 0 Å². The van der Waals surface area contributed by atoms with Crippen LogP contribution in [0.4, 0.5) is 0 Å². The van der Waals surface area contributed by atoms with E-state index in [0.717, 1.165) is 5.69 Å². The van der Waals surface area contributed by atoms with Crippen LogP contribution >= 0.6 is 0 Å². The third-order valence-corrected chi connectivity index (χ3v) is 1.74. The average molecular weight is 211 g/mol. The van der Waals surface area contributed by atoms with Gasteiger partial charge in [0.2, 0.25) is 5.88 Å². The lowest BCUT2D eigenvalue weighted by atomic mass is 10.4. The molecule has 0 aromatic carbocycles. The number of ether oxygens (including phenoxy) is 2. The molecule has 0 saturated carbocycles. The highest BCUT2D eigenvalue weighted by atomic mass is 16.5. The minimum Gasteiger partial charge on any atom is -0.471 e. The summed E-state index contributed by atoms with van der Waals surface area (Å²) in [5, 5.41) is 3.01. The minimum atomic E-state index is -0.0193. The van der Waals surface area contributed by atoms with Crippen molar-refractivity contribution in [3.05, 3.63) is 18.1 Å². The second-order valence-electron chi connectivity index (χ2n) is 3.26. The van der Waals surface area contributed by atoms with Crippen LogP contribution in [0.5, 0.6) is 5.88 Å². The van der Waals surface area contributed by atoms with Crippen LogP contribution in [-0.4, -0.2) is 36.8 Å². The van der Waals surface area contributed by atoms with Crippen molar-refractivity contribution in [3.63, 3.8) is 0 Å². The number of nitrogens with zero attached hydrogens (tertiary/aromatic N) is 2. The molecule has 5 nitrogen and oxygen atoms in total. The van der Waals surface area contributed by atoms with Crippen LogP contribution in [0.15, 0.2) is 12.4 Å². The largest absolute Gasteiger partial charge is 0.471 e. The molecule has 0 saturated heterocycles. The van der Waals surface area contributed by atoms with Gasteiger partial charge in [0.25, 0.3) is 0 Å². The molecule has 15 heavy (non-hydrogen) atoms. The standard InChI is InChI=1S/C10H17N3O2/c1-8(7-14-3)15-10-6-12-5-9(13-10)4-11-2/h5-6,8,11H,4,7H2,1-3H3. The van der Waals surface area contributed by atoms with E-state index >= 15 is 0 Å². The Morgan fingerprint density at radius 1 is 1.47 bits per heavy atom. The maximum atomic E-state index is 5.52. The van der Waals surface area contributed by atoms with Crippen LogP contribution < -0.4 is 10.1 Å². The lowest BCUT2D eigenvalue weighted by molar-refractivity contribution is 0.0885. The van der Waals surface area contributed by atoms with E-state index in [1.54, 1.807) is 19.5 Å². The molecule has 1 aromatic heterocycles. The molecular formula is C10H17N3O2. The van der Waals surface area contributed by atoms with Gasteiger partial charge in [-0.1, -0.05) is 0 Å². The van der Waals surface area contributed by atoms with Crippen molar-refractivity contribution in [2.75, 3.05) is 20.8 Å². The van der Waals surface area contributed by atoms with Crippen molar-refractivity contribution in [2.45, 2.75) is 19.6 Å². The fourth-order valence-corrected chi connectivity index (χ4v) is 1.18. The van der Waals surface area contributed by atoms with Gasteiger partial charge in [0.15, 0.2) is 0 Å². The molecule has 0 aliphatic rings. The van der Waals surface area contributed by atoms with Gasteiger partial charge >= 0.3 is 0 Å². The van der Waals surface area contributed by atoms with Gasteiger partial charge in [-0.25, -0.2) is 4.98 Å². The number of rotatable bonds is 6. The molecule has 1 heterocycles. The first-order valence-electron chi connectivity index (χ1n) is 4.87. The van der Waals surface area contributed by atoms with Gasteiger partial charge in [-0.05, 0) is 14.0 Å². The molecule has 1 aromatic rings. The van der Waals surface area contributed by atoms with E-state index < -0.39 is 0 Å². The number of methoxy groups -OCH3 is 1. The predicted molar refractivity (Wildman–Crippen MR) is 56.8 cm³/mol. The van der Waals surface area contributed by atoms with Crippen molar-refractivity contribution < 1.29 is 9.47 Å². The van der Waals surface area contributed by atoms with E-state index in [1.165, 1.54) is 0 Å². The van der Waals surface area contributed by atoms with Crippen LogP contribution in [0.3, 0.4) is 0 Å². The summed E-state index contributed by atoms with van der Waals surface area (Å²) in [6, 6.07) is 0. The first-order chi connectivity index (χ1) is 7.26. The first-order valence-corrected chi connectivity index (χ1v) is 4.87. The molecule has 1 N–H and O–H groups in total. The van der Waals surface area contributed by atoms with Crippen molar-refractivity contribution in [1.82, 2.24) is 15.3 Å². The van der Waals surface area contributed by atoms with E-state index in [-0.39, 0.29) is 6.10 Å². The maximum Gasteiger partial charge on any atom is 0.232 e. The Morgan fingerprint density at radius 2 is 2.27 bits per heavy atom. The summed E-state index contributed by atoms with van der Waals surface area (Å²) in [5.74, 6) is 0.535. The molecule has 1 atom stereocenters. The molecule has 0 radical (unpaired) electrons. The summed E-state index contributed by atoms with van der Waals surface area (Å²) >= 11 is 0. The summed E-state index contributed by atoms with van der Waals surface area (Å²) in [4.78, 5) is 8.33. The van der Waals surface area contributed by atoms with Crippen molar-refractivity contribution in [3.8, 4) is 5.88 Å². The Hall–Kier alpha value is -1.20. The van der Waals surface area contributed by atoms with E-state index in [2.05, 4.69) is 15.3 Å². The number of hydrogen-bond acceptors (Lipinski definition) is 5. The molecule has 0 spiro atoms. The Balaban J connectivity index is 2.56. The van der Waals surface area contributed by atoms with Crippen LogP contribution in [0.1, 0.15) is 12.6 Å². The van der Waals surface area contributed by atoms with E-state index in [9.17, 15) is 0 Å². The summed E-state index contributed by atoms with van der Waals surface area (Å²) < 4.78 is 10.5. The van der Waals surface area contributed by atoms with Crippen LogP contribution in [-0.2, 0) is 11.3 Å². The molecule has 84 valence electrons. The van der Waals surface area contributed by atoms with Gasteiger partial charge in [-0.3, -0.25) is 4.98 Å². The fourth-order valence-electron chi connectivity index (χ4n) is 1.18. The normalized spacial score (nSPS) is 12.5. The third-order valence-electron chi connectivity index (χ3n) is 1.74. The molecule has 0 amide bonds. The van der Waals surface area contributed by atoms with Gasteiger partial charge < -0.3 is 14.8 Å². The SMILES string of the molecule is CNCc1cncc(OC(C)COC)n1. The van der Waals surface area contributed by atoms with Crippen molar-refractivity contribution in [2.24, 2.45) is 0 Å². The molecule has 5 heteroatoms. The van der Waals surface area contributed by atoms with Gasteiger partial charge in [0.1, 0.15) is 6.10 Å². The smallest absolute Gasteiger partial charge is 0.232 e. The molecule has 0 fully saturated rings. The van der Waals surface area contributed by atoms with Gasteiger partial charge in [-0.15, -0.1) is 0 Å². The highest BCUT2D eigenvalue weighted by molar-refractivity contribution is 5.08. The third kappa shape index (κ3) is 4.22. The molecule has 1 rings (SSSR count). The minimum absolute atomic E-state index is 0.0193. The topological polar surface area (TPSA) is 56.3 Å². The molecular weight excluding hydrogens is 194 g/mol. The Labute approximate surface area is 89.8 Å². The van der Waals surface area contributed by atoms with Gasteiger partial charge in [0, 0.05) is 19.9 Å². The second kappa shape index (κ2) is 6.31. The quantitative estimate of drug-likeness (QED) is 0.747. The zero-order valence-electron chi connectivity index (χ0n) is 9.36. The average Bonchev–Trinajstić information content (AvgIpc) is 2.19. The Morgan fingerprint density at radius 3 is 2.93 bits per heavy atom. The maximum absolute atomic E-state index is 5.52. The number of aromatic nitrogens is 2. The summed E-state index contributed by atoms with van der Waals surface area (Å²) in [7, 11) is 3.51. The summed E-state index contributed by atoms with van der Waals surface area (Å²) in [6.07, 6.45) is 3.30. The number of nitrogens with one attached hydrogen (secondary N) is 1. The lowest BCUT2D eigenvalue weighted by Gasteiger charge is -2.12. The lowest BCUT2D eigenvalue weighted by Crippen LogP contribution is -2.19. The summed E-state index contributed by atoms with van der Waals surface area (Å²) in [6.45, 7) is 3.15. The zero-order chi connectivity index (χ0) is 11.1. The van der Waals surface area contributed by atoms with Gasteiger partial charge in [-0.2, -0.15) is 0 Å². The van der Waals surface area contributed by atoms with E-state index in [1.807, 2.05) is 14.0 Å². The molecule has 0 aliphatic carbocycles. The Kier molecular flexibility index (Phi) is 5.00. The number of hydrogen-bond donors (Lipinski definition) is 1. The highest BCUT2D eigenvalue weighted by Gasteiger charge is 2.05. The van der Waals surface area contributed by atoms with E-state index in [0.29, 0.717) is 19.0 Å². The van der Waals surface area contributed by atoms with Crippen LogP contribution in [0.25, 0.3) is 0 Å². The zero-order valence-corrected chi connectivity index (χ0v) is 9.36. The first kappa shape index (κ1) is 11.9. The second-order valence-corrected chi connectivity index (χ2v) is 3.26.